The minimum atomic E-state index is -0.434. The lowest BCUT2D eigenvalue weighted by atomic mass is 10.0. The molecule has 4 aromatic rings. The molecule has 7 nitrogen and oxygen atoms in total. The van der Waals surface area contributed by atoms with Crippen LogP contribution in [0, 0.1) is 24.0 Å². The van der Waals surface area contributed by atoms with E-state index in [2.05, 4.69) is 16.6 Å². The highest BCUT2D eigenvalue weighted by molar-refractivity contribution is 6.02. The van der Waals surface area contributed by atoms with Gasteiger partial charge in [-0.2, -0.15) is 5.10 Å². The third-order valence-corrected chi connectivity index (χ3v) is 5.70. The van der Waals surface area contributed by atoms with Gasteiger partial charge in [-0.1, -0.05) is 54.1 Å². The Kier molecular flexibility index (Phi) is 7.16. The molecule has 0 unspecified atom stereocenters. The van der Waals surface area contributed by atoms with Crippen molar-refractivity contribution in [3.8, 4) is 5.75 Å². The van der Waals surface area contributed by atoms with Crippen LogP contribution >= 0.6 is 0 Å². The quantitative estimate of drug-likeness (QED) is 0.206. The molecule has 0 fully saturated rings. The lowest BCUT2D eigenvalue weighted by Crippen LogP contribution is -2.20. The molecule has 1 amide bonds. The fourth-order valence-electron chi connectivity index (χ4n) is 3.84. The molecular formula is C28H25N3O4. The molecule has 1 N–H and O–H groups in total. The summed E-state index contributed by atoms with van der Waals surface area (Å²) in [5.74, 6) is 0.385. The van der Waals surface area contributed by atoms with E-state index in [1.54, 1.807) is 18.3 Å². The Hall–Kier alpha value is -4.52. The first kappa shape index (κ1) is 23.6. The Morgan fingerprint density at radius 2 is 1.80 bits per heavy atom. The molecule has 0 heterocycles. The molecule has 176 valence electrons. The van der Waals surface area contributed by atoms with Gasteiger partial charge in [0.05, 0.1) is 17.6 Å². The van der Waals surface area contributed by atoms with E-state index in [0.29, 0.717) is 5.75 Å². The highest BCUT2D eigenvalue weighted by Crippen LogP contribution is 2.27. The van der Waals surface area contributed by atoms with Gasteiger partial charge in [-0.3, -0.25) is 14.9 Å². The predicted octanol–water partition coefficient (Wildman–Crippen LogP) is 5.64. The van der Waals surface area contributed by atoms with Crippen LogP contribution in [0.25, 0.3) is 10.8 Å². The van der Waals surface area contributed by atoms with Crippen LogP contribution in [0.1, 0.15) is 27.8 Å². The number of hydrazone groups is 1. The highest BCUT2D eigenvalue weighted by atomic mass is 16.6. The molecule has 0 aromatic heterocycles. The van der Waals surface area contributed by atoms with E-state index in [4.69, 9.17) is 4.74 Å². The fourth-order valence-corrected chi connectivity index (χ4v) is 3.84. The lowest BCUT2D eigenvalue weighted by Gasteiger charge is -2.12. The van der Waals surface area contributed by atoms with Crippen LogP contribution in [0.3, 0.4) is 0 Å². The molecule has 0 aliphatic rings. The summed E-state index contributed by atoms with van der Waals surface area (Å²) in [4.78, 5) is 22.9. The summed E-state index contributed by atoms with van der Waals surface area (Å²) in [7, 11) is 0. The third kappa shape index (κ3) is 5.89. The fraction of sp³-hybridized carbons (Fsp3) is 0.143. The van der Waals surface area contributed by atoms with Gasteiger partial charge in [0.25, 0.3) is 5.69 Å². The Labute approximate surface area is 203 Å². The largest absolute Gasteiger partial charge is 0.488 e. The number of aryl methyl sites for hydroxylation is 2. The van der Waals surface area contributed by atoms with Gasteiger partial charge in [0, 0.05) is 17.7 Å². The number of nitrogens with zero attached hydrogens (tertiary/aromatic N) is 2. The van der Waals surface area contributed by atoms with Gasteiger partial charge in [0.1, 0.15) is 12.4 Å². The standard InChI is InChI=1S/C28H25N3O4/c1-19-7-10-23(20(2)15-19)16-28(32)30-29-17-26-25-6-4-3-5-22(25)11-14-27(26)35-18-21-8-12-24(13-9-21)31(33)34/h3-15,17H,16,18H2,1-2H3,(H,30,32)/b29-17-. The summed E-state index contributed by atoms with van der Waals surface area (Å²) in [5.41, 5.74) is 7.36. The van der Waals surface area contributed by atoms with E-state index in [0.717, 1.165) is 38.6 Å². The van der Waals surface area contributed by atoms with E-state index in [1.807, 2.05) is 62.4 Å². The normalized spacial score (nSPS) is 11.0. The van der Waals surface area contributed by atoms with Gasteiger partial charge >= 0.3 is 0 Å². The molecule has 0 spiro atoms. The van der Waals surface area contributed by atoms with Gasteiger partial charge in [-0.25, -0.2) is 5.43 Å². The average molecular weight is 468 g/mol. The van der Waals surface area contributed by atoms with Crippen molar-refractivity contribution < 1.29 is 14.5 Å². The Morgan fingerprint density at radius 3 is 2.54 bits per heavy atom. The number of amides is 1. The third-order valence-electron chi connectivity index (χ3n) is 5.70. The van der Waals surface area contributed by atoms with Crippen LogP contribution in [-0.2, 0) is 17.8 Å². The summed E-state index contributed by atoms with van der Waals surface area (Å²) in [5, 5.41) is 17.0. The van der Waals surface area contributed by atoms with Crippen molar-refractivity contribution in [3.05, 3.63) is 117 Å². The molecule has 35 heavy (non-hydrogen) atoms. The zero-order valence-electron chi connectivity index (χ0n) is 19.5. The summed E-state index contributed by atoms with van der Waals surface area (Å²) < 4.78 is 6.04. The van der Waals surface area contributed by atoms with Crippen LogP contribution in [0.15, 0.2) is 84.0 Å². The number of benzene rings is 4. The molecule has 0 atom stereocenters. The minimum Gasteiger partial charge on any atom is -0.488 e. The molecule has 0 bridgehead atoms. The maximum atomic E-state index is 12.5. The van der Waals surface area contributed by atoms with Crippen LogP contribution in [0.4, 0.5) is 5.69 Å². The molecule has 0 radical (unpaired) electrons. The van der Waals surface area contributed by atoms with E-state index < -0.39 is 4.92 Å². The molecule has 7 heteroatoms. The predicted molar refractivity (Wildman–Crippen MR) is 137 cm³/mol. The van der Waals surface area contributed by atoms with Crippen molar-refractivity contribution in [1.29, 1.82) is 0 Å². The number of rotatable bonds is 8. The van der Waals surface area contributed by atoms with Crippen LogP contribution in [0.5, 0.6) is 5.75 Å². The zero-order chi connectivity index (χ0) is 24.8. The monoisotopic (exact) mass is 467 g/mol. The first-order valence-electron chi connectivity index (χ1n) is 11.2. The minimum absolute atomic E-state index is 0.0313. The summed E-state index contributed by atoms with van der Waals surface area (Å²) >= 11 is 0. The van der Waals surface area contributed by atoms with E-state index in [9.17, 15) is 14.9 Å². The zero-order valence-corrected chi connectivity index (χ0v) is 19.5. The molecule has 0 saturated heterocycles. The summed E-state index contributed by atoms with van der Waals surface area (Å²) in [6.07, 6.45) is 1.83. The van der Waals surface area contributed by atoms with Crippen molar-refractivity contribution in [3.63, 3.8) is 0 Å². The SMILES string of the molecule is Cc1ccc(CC(=O)N/N=C\c2c(OCc3ccc([N+](=O)[O-])cc3)ccc3ccccc23)c(C)c1. The summed E-state index contributed by atoms with van der Waals surface area (Å²) in [6, 6.07) is 23.9. The number of carbonyl (C=O) groups is 1. The summed E-state index contributed by atoms with van der Waals surface area (Å²) in [6.45, 7) is 4.24. The first-order chi connectivity index (χ1) is 16.9. The maximum Gasteiger partial charge on any atom is 0.269 e. The number of fused-ring (bicyclic) bond motifs is 1. The number of nitro benzene ring substituents is 1. The number of hydrogen-bond donors (Lipinski definition) is 1. The van der Waals surface area contributed by atoms with E-state index in [-0.39, 0.29) is 24.6 Å². The number of hydrogen-bond acceptors (Lipinski definition) is 5. The number of nitro groups is 1. The second kappa shape index (κ2) is 10.6. The number of ether oxygens (including phenoxy) is 1. The van der Waals surface area contributed by atoms with Crippen molar-refractivity contribution in [2.24, 2.45) is 5.10 Å². The van der Waals surface area contributed by atoms with Crippen molar-refractivity contribution in [2.45, 2.75) is 26.9 Å². The van der Waals surface area contributed by atoms with Crippen molar-refractivity contribution in [2.75, 3.05) is 0 Å². The van der Waals surface area contributed by atoms with Gasteiger partial charge in [-0.05, 0) is 59.5 Å². The molecular weight excluding hydrogens is 442 g/mol. The number of carbonyl (C=O) groups excluding carboxylic acids is 1. The van der Waals surface area contributed by atoms with Crippen LogP contribution in [-0.4, -0.2) is 17.0 Å². The molecule has 4 rings (SSSR count). The maximum absolute atomic E-state index is 12.5. The van der Waals surface area contributed by atoms with Gasteiger partial charge in [0.15, 0.2) is 0 Å². The van der Waals surface area contributed by atoms with Crippen LogP contribution < -0.4 is 10.2 Å². The van der Waals surface area contributed by atoms with E-state index in [1.165, 1.54) is 12.1 Å². The number of non-ortho nitro benzene ring substituents is 1. The topological polar surface area (TPSA) is 93.8 Å². The Balaban J connectivity index is 1.51. The lowest BCUT2D eigenvalue weighted by molar-refractivity contribution is -0.384. The first-order valence-corrected chi connectivity index (χ1v) is 11.2. The molecule has 0 aliphatic carbocycles. The smallest absolute Gasteiger partial charge is 0.269 e. The molecule has 0 saturated carbocycles. The molecule has 4 aromatic carbocycles. The Morgan fingerprint density at radius 1 is 1.03 bits per heavy atom. The van der Waals surface area contributed by atoms with Gasteiger partial charge < -0.3 is 4.74 Å². The molecule has 0 aliphatic heterocycles. The number of nitrogens with one attached hydrogen (secondary N) is 1. The van der Waals surface area contributed by atoms with E-state index >= 15 is 0 Å². The Bertz CT molecular complexity index is 1410. The second-order valence-corrected chi connectivity index (χ2v) is 8.31. The van der Waals surface area contributed by atoms with Crippen molar-refractivity contribution in [1.82, 2.24) is 5.43 Å². The second-order valence-electron chi connectivity index (χ2n) is 8.31. The van der Waals surface area contributed by atoms with Gasteiger partial charge in [0.2, 0.25) is 5.91 Å². The average Bonchev–Trinajstić information content (AvgIpc) is 2.85. The van der Waals surface area contributed by atoms with Crippen molar-refractivity contribution >= 4 is 28.6 Å². The van der Waals surface area contributed by atoms with Gasteiger partial charge in [-0.15, -0.1) is 0 Å². The highest BCUT2D eigenvalue weighted by Gasteiger charge is 2.10. The van der Waals surface area contributed by atoms with Crippen LogP contribution in [0.2, 0.25) is 0 Å².